The molecule has 1 saturated carbocycles. The van der Waals surface area contributed by atoms with Crippen LogP contribution >= 0.6 is 0 Å². The molecule has 330 valence electrons. The molecule has 1 fully saturated rings. The van der Waals surface area contributed by atoms with E-state index in [9.17, 15) is 4.79 Å². The molecule has 69 heavy (non-hydrogen) atoms. The molecule has 3 unspecified atom stereocenters. The molecule has 6 heteroatoms. The van der Waals surface area contributed by atoms with Crippen LogP contribution in [0.2, 0.25) is 0 Å². The molecule has 2 aliphatic carbocycles. The molecule has 12 aromatic rings. The second-order valence-electron chi connectivity index (χ2n) is 18.8. The minimum atomic E-state index is -0.0679. The number of hydrogen-bond donors (Lipinski definition) is 0. The van der Waals surface area contributed by atoms with Crippen LogP contribution in [0.1, 0.15) is 18.4 Å². The molecule has 0 aliphatic heterocycles. The second-order valence-corrected chi connectivity index (χ2v) is 18.8. The summed E-state index contributed by atoms with van der Waals surface area (Å²) in [6, 6.07) is 76.6. The van der Waals surface area contributed by atoms with E-state index in [1.807, 2.05) is 0 Å². The van der Waals surface area contributed by atoms with Crippen LogP contribution in [0, 0.1) is 17.8 Å². The van der Waals surface area contributed by atoms with Crippen LogP contribution in [-0.2, 0) is 16.1 Å². The highest BCUT2D eigenvalue weighted by molar-refractivity contribution is 6.11. The van der Waals surface area contributed by atoms with Gasteiger partial charge in [-0.1, -0.05) is 109 Å². The van der Waals surface area contributed by atoms with E-state index in [2.05, 4.69) is 243 Å². The number of carbonyl (C=O) groups excluding carboxylic acids is 1. The number of esters is 1. The van der Waals surface area contributed by atoms with E-state index in [4.69, 9.17) is 4.74 Å². The first-order valence-corrected chi connectivity index (χ1v) is 24.1. The maximum absolute atomic E-state index is 13.2. The summed E-state index contributed by atoms with van der Waals surface area (Å²) in [6.07, 6.45) is 6.47. The van der Waals surface area contributed by atoms with E-state index in [0.29, 0.717) is 11.8 Å². The fourth-order valence-electron chi connectivity index (χ4n) is 11.8. The summed E-state index contributed by atoms with van der Waals surface area (Å²) in [4.78, 5) is 15.5. The molecule has 9 aromatic carbocycles. The van der Waals surface area contributed by atoms with Crippen molar-refractivity contribution in [2.24, 2.45) is 17.8 Å². The van der Waals surface area contributed by atoms with Crippen LogP contribution in [-0.4, -0.2) is 19.7 Å². The number of ether oxygens (including phenoxy) is 1. The Bertz CT molecular complexity index is 3740. The first-order chi connectivity index (χ1) is 34.1. The summed E-state index contributed by atoms with van der Waals surface area (Å²) in [5.41, 5.74) is 14.4. The molecule has 2 bridgehead atoms. The smallest absolute Gasteiger partial charge is 0.309 e. The van der Waals surface area contributed by atoms with Crippen LogP contribution in [0.3, 0.4) is 0 Å². The van der Waals surface area contributed by atoms with Gasteiger partial charge < -0.3 is 23.3 Å². The summed E-state index contributed by atoms with van der Waals surface area (Å²) in [5, 5.41) is 7.28. The molecule has 6 nitrogen and oxygen atoms in total. The highest BCUT2D eigenvalue weighted by atomic mass is 16.5. The van der Waals surface area contributed by atoms with Crippen molar-refractivity contribution in [2.75, 3.05) is 4.90 Å². The lowest BCUT2D eigenvalue weighted by atomic mass is 9.94. The van der Waals surface area contributed by atoms with Gasteiger partial charge in [-0.15, -0.1) is 0 Å². The molecule has 0 radical (unpaired) electrons. The number of allylic oxidation sites excluding steroid dienone is 2. The van der Waals surface area contributed by atoms with Gasteiger partial charge >= 0.3 is 5.97 Å². The van der Waals surface area contributed by atoms with Crippen LogP contribution < -0.4 is 4.90 Å². The van der Waals surface area contributed by atoms with Crippen molar-refractivity contribution in [2.45, 2.75) is 19.4 Å². The highest BCUT2D eigenvalue weighted by Gasteiger charge is 2.40. The molecule has 14 rings (SSSR count). The van der Waals surface area contributed by atoms with E-state index in [1.165, 1.54) is 43.6 Å². The molecule has 0 saturated heterocycles. The molecular formula is C63H46N4O2. The van der Waals surface area contributed by atoms with Crippen molar-refractivity contribution >= 4 is 88.4 Å². The Kier molecular flexibility index (Phi) is 9.03. The van der Waals surface area contributed by atoms with Crippen LogP contribution in [0.5, 0.6) is 0 Å². The Balaban J connectivity index is 0.844. The summed E-state index contributed by atoms with van der Waals surface area (Å²) >= 11 is 0. The summed E-state index contributed by atoms with van der Waals surface area (Å²) in [5.74, 6) is 0.779. The van der Waals surface area contributed by atoms with Gasteiger partial charge in [0.2, 0.25) is 0 Å². The van der Waals surface area contributed by atoms with Gasteiger partial charge in [-0.05, 0) is 146 Å². The van der Waals surface area contributed by atoms with Crippen LogP contribution in [0.25, 0.3) is 82.5 Å². The predicted molar refractivity (Wildman–Crippen MR) is 283 cm³/mol. The van der Waals surface area contributed by atoms with Gasteiger partial charge in [-0.25, -0.2) is 0 Å². The third kappa shape index (κ3) is 6.36. The number of para-hydroxylation sites is 5. The number of aromatic nitrogens is 3. The van der Waals surface area contributed by atoms with E-state index >= 15 is 0 Å². The fourth-order valence-corrected chi connectivity index (χ4v) is 11.8. The van der Waals surface area contributed by atoms with Crippen molar-refractivity contribution in [1.29, 1.82) is 0 Å². The Morgan fingerprint density at radius 1 is 0.420 bits per heavy atom. The molecule has 3 aromatic heterocycles. The number of anilines is 3. The topological polar surface area (TPSA) is 44.3 Å². The van der Waals surface area contributed by atoms with E-state index in [0.717, 1.165) is 74.3 Å². The first kappa shape index (κ1) is 39.5. The summed E-state index contributed by atoms with van der Waals surface area (Å²) in [7, 11) is 0. The van der Waals surface area contributed by atoms with Crippen LogP contribution in [0.15, 0.2) is 224 Å². The number of fused-ring (bicyclic) bond motifs is 11. The number of hydrogen-bond acceptors (Lipinski definition) is 3. The SMILES string of the molecule is O=C(OCc1ccc2c(c1)c1ccccc1n2-c1ccc(N(c2ccc(-n3c4ccccc4c4ccccc43)cc2)c2ccc(-n3c4ccccc4c4ccccc43)cc2)cc1)C1CC2C=CC1C2. The Morgan fingerprint density at radius 3 is 1.17 bits per heavy atom. The first-order valence-electron chi connectivity index (χ1n) is 24.1. The Morgan fingerprint density at radius 2 is 0.797 bits per heavy atom. The van der Waals surface area contributed by atoms with Crippen molar-refractivity contribution in [3.8, 4) is 17.1 Å². The molecular weight excluding hydrogens is 845 g/mol. The quantitative estimate of drug-likeness (QED) is 0.107. The maximum atomic E-state index is 13.2. The number of rotatable bonds is 9. The van der Waals surface area contributed by atoms with Crippen LogP contribution in [0.4, 0.5) is 17.1 Å². The molecule has 3 atom stereocenters. The minimum absolute atomic E-state index is 0.0131. The van der Waals surface area contributed by atoms with Gasteiger partial charge in [0.1, 0.15) is 6.61 Å². The minimum Gasteiger partial charge on any atom is -0.461 e. The lowest BCUT2D eigenvalue weighted by molar-refractivity contribution is -0.150. The van der Waals surface area contributed by atoms with Gasteiger partial charge in [0.25, 0.3) is 0 Å². The van der Waals surface area contributed by atoms with Crippen molar-refractivity contribution in [1.82, 2.24) is 13.7 Å². The molecule has 0 amide bonds. The lowest BCUT2D eigenvalue weighted by Crippen LogP contribution is -2.21. The van der Waals surface area contributed by atoms with Crippen molar-refractivity contribution in [3.05, 3.63) is 230 Å². The zero-order valence-corrected chi connectivity index (χ0v) is 37.8. The van der Waals surface area contributed by atoms with Gasteiger partial charge in [0.15, 0.2) is 0 Å². The monoisotopic (exact) mass is 890 g/mol. The van der Waals surface area contributed by atoms with Crippen molar-refractivity contribution in [3.63, 3.8) is 0 Å². The van der Waals surface area contributed by atoms with Gasteiger partial charge in [-0.3, -0.25) is 4.79 Å². The Hall–Kier alpha value is -8.61. The predicted octanol–water partition coefficient (Wildman–Crippen LogP) is 15.7. The normalized spacial score (nSPS) is 16.5. The number of nitrogens with zero attached hydrogens (tertiary/aromatic N) is 4. The van der Waals surface area contributed by atoms with E-state index < -0.39 is 0 Å². The number of carbonyl (C=O) groups is 1. The zero-order chi connectivity index (χ0) is 45.6. The average Bonchev–Trinajstić information content (AvgIpc) is 4.25. The van der Waals surface area contributed by atoms with Gasteiger partial charge in [0.05, 0.1) is 39.0 Å². The largest absolute Gasteiger partial charge is 0.461 e. The lowest BCUT2D eigenvalue weighted by Gasteiger charge is -2.26. The highest BCUT2D eigenvalue weighted by Crippen LogP contribution is 2.45. The van der Waals surface area contributed by atoms with Gasteiger partial charge in [0, 0.05) is 66.4 Å². The molecule has 0 spiro atoms. The fraction of sp³-hybridized carbons (Fsp3) is 0.0952. The Labute approximate surface area is 399 Å². The zero-order valence-electron chi connectivity index (χ0n) is 37.8. The standard InChI is InChI=1S/C63H46N4O2/c68-63(55-38-41-21-23-43(55)37-41)69-40-42-22-36-62-56(39-42)54-15-5-10-20-61(54)67(62)49-34-28-46(29-35-49)64(44-24-30-47(31-25-44)65-57-16-6-1-11-50(57)51-12-2-7-17-58(51)65)45-26-32-48(33-27-45)66-59-18-8-3-13-52(59)53-14-4-9-19-60(53)66/h1-36,39,41,43,55H,37-38,40H2. The number of benzene rings is 9. The van der Waals surface area contributed by atoms with Gasteiger partial charge in [-0.2, -0.15) is 0 Å². The second kappa shape index (κ2) is 15.7. The van der Waals surface area contributed by atoms with E-state index in [-0.39, 0.29) is 18.5 Å². The third-order valence-corrected chi connectivity index (χ3v) is 15.0. The van der Waals surface area contributed by atoms with E-state index in [1.54, 1.807) is 0 Å². The average molecular weight is 891 g/mol. The maximum Gasteiger partial charge on any atom is 0.309 e. The summed E-state index contributed by atoms with van der Waals surface area (Å²) in [6.45, 7) is 0.273. The molecule has 2 aliphatic rings. The third-order valence-electron chi connectivity index (χ3n) is 15.0. The summed E-state index contributed by atoms with van der Waals surface area (Å²) < 4.78 is 13.0. The van der Waals surface area contributed by atoms with Crippen molar-refractivity contribution < 1.29 is 9.53 Å². The molecule has 0 N–H and O–H groups in total. The molecule has 3 heterocycles.